The summed E-state index contributed by atoms with van der Waals surface area (Å²) in [4.78, 5) is 2.81. The van der Waals surface area contributed by atoms with Crippen LogP contribution in [0.15, 0.2) is 18.5 Å². The van der Waals surface area contributed by atoms with E-state index in [1.165, 1.54) is 0 Å². The number of hydrogen-bond acceptors (Lipinski definition) is 0. The summed E-state index contributed by atoms with van der Waals surface area (Å²) in [5, 5.41) is 0. The molecule has 0 spiro atoms. The van der Waals surface area contributed by atoms with Gasteiger partial charge in [-0.1, -0.05) is 0 Å². The van der Waals surface area contributed by atoms with Crippen molar-refractivity contribution in [3.8, 4) is 0 Å². The van der Waals surface area contributed by atoms with E-state index in [-0.39, 0.29) is 29.6 Å². The summed E-state index contributed by atoms with van der Waals surface area (Å²) in [7, 11) is 0. The molecule has 0 atom stereocenters. The maximum Gasteiger partial charge on any atom is 1.00 e. The Balaban J connectivity index is 0.000000250. The van der Waals surface area contributed by atoms with E-state index >= 15 is 0 Å². The van der Waals surface area contributed by atoms with Crippen LogP contribution in [0.2, 0.25) is 0 Å². The van der Waals surface area contributed by atoms with E-state index in [0.29, 0.717) is 0 Å². The van der Waals surface area contributed by atoms with Crippen LogP contribution in [-0.4, -0.2) is 4.98 Å². The van der Waals surface area contributed by atoms with E-state index in [9.17, 15) is 0 Å². The zero-order chi connectivity index (χ0) is 3.54. The van der Waals surface area contributed by atoms with Crippen molar-refractivity contribution < 1.29 is 29.6 Å². The molecule has 1 aromatic rings. The number of hydrogen-bond donors (Lipinski definition) is 1. The zero-order valence-corrected chi connectivity index (χ0v) is 5.73. The number of aromatic amines is 1. The molecule has 0 aliphatic rings. The summed E-state index contributed by atoms with van der Waals surface area (Å²) in [6, 6.07) is 4.62. The number of aromatic nitrogens is 1. The first-order chi connectivity index (χ1) is 2.50. The van der Waals surface area contributed by atoms with Crippen LogP contribution in [0, 0.1) is 6.07 Å². The Morgan fingerprint density at radius 3 is 2.50 bits per heavy atom. The van der Waals surface area contributed by atoms with Gasteiger partial charge in [-0.2, -0.15) is 0 Å². The Kier molecular flexibility index (Phi) is 3.63. The fraction of sp³-hybridized carbons (Fsp3) is 0. The topological polar surface area (TPSA) is 15.8 Å². The largest absolute Gasteiger partial charge is 1.00 e. The molecule has 0 radical (unpaired) electrons. The van der Waals surface area contributed by atoms with Gasteiger partial charge in [0.15, 0.2) is 0 Å². The van der Waals surface area contributed by atoms with E-state index in [1.54, 1.807) is 6.20 Å². The Morgan fingerprint density at radius 1 is 1.50 bits per heavy atom. The van der Waals surface area contributed by atoms with Gasteiger partial charge in [-0.25, -0.2) is 12.1 Å². The van der Waals surface area contributed by atoms with Gasteiger partial charge in [0.25, 0.3) is 0 Å². The van der Waals surface area contributed by atoms with Gasteiger partial charge in [0, 0.05) is 0 Å². The smallest absolute Gasteiger partial charge is 0.461 e. The first kappa shape index (κ1) is 6.28. The fourth-order valence-corrected chi connectivity index (χ4v) is 0.241. The van der Waals surface area contributed by atoms with Gasteiger partial charge < -0.3 is 4.98 Å². The van der Waals surface area contributed by atoms with E-state index in [4.69, 9.17) is 0 Å². The predicted octanol–water partition coefficient (Wildman–Crippen LogP) is -2.18. The van der Waals surface area contributed by atoms with Crippen LogP contribution in [0.4, 0.5) is 0 Å². The summed E-state index contributed by atoms with van der Waals surface area (Å²) < 4.78 is 0. The van der Waals surface area contributed by atoms with Crippen molar-refractivity contribution in [2.45, 2.75) is 0 Å². The first-order valence-electron chi connectivity index (χ1n) is 1.49. The molecule has 0 saturated heterocycles. The molecule has 0 aromatic carbocycles. The van der Waals surface area contributed by atoms with Gasteiger partial charge >= 0.3 is 29.6 Å². The van der Waals surface area contributed by atoms with Crippen molar-refractivity contribution in [1.82, 2.24) is 4.98 Å². The summed E-state index contributed by atoms with van der Waals surface area (Å²) in [5.74, 6) is 0. The molecule has 0 unspecified atom stereocenters. The molecule has 0 bridgehead atoms. The van der Waals surface area contributed by atoms with Crippen molar-refractivity contribution >= 4 is 0 Å². The summed E-state index contributed by atoms with van der Waals surface area (Å²) in [5.41, 5.74) is 0. The van der Waals surface area contributed by atoms with E-state index < -0.39 is 0 Å². The molecule has 1 nitrogen and oxygen atoms in total. The molecule has 2 heteroatoms. The molecule has 0 aliphatic carbocycles. The standard InChI is InChI=1S/C4H4N.Na/c1-2-4-5-3-1;/h1,3-5H;/q-1;+1. The molecule has 1 rings (SSSR count). The second-order valence-electron chi connectivity index (χ2n) is 0.811. The van der Waals surface area contributed by atoms with Crippen LogP contribution in [0.25, 0.3) is 0 Å². The van der Waals surface area contributed by atoms with Crippen LogP contribution < -0.4 is 29.6 Å². The fourth-order valence-electron chi connectivity index (χ4n) is 0.241. The Labute approximate surface area is 59.1 Å². The third-order valence-corrected chi connectivity index (χ3v) is 0.442. The number of rotatable bonds is 0. The van der Waals surface area contributed by atoms with Crippen molar-refractivity contribution in [1.29, 1.82) is 0 Å². The minimum absolute atomic E-state index is 0. The van der Waals surface area contributed by atoms with Crippen LogP contribution in [0.3, 0.4) is 0 Å². The molecule has 0 saturated carbocycles. The predicted molar refractivity (Wildman–Crippen MR) is 19.6 cm³/mol. The molecule has 1 aromatic heterocycles. The average Bonchev–Trinajstić information content (AvgIpc) is 1.76. The molecule has 6 heavy (non-hydrogen) atoms. The monoisotopic (exact) mass is 89.0 g/mol. The molecule has 1 N–H and O–H groups in total. The molecule has 26 valence electrons. The van der Waals surface area contributed by atoms with Gasteiger partial charge in [-0.05, 0) is 0 Å². The second-order valence-corrected chi connectivity index (χ2v) is 0.811. The van der Waals surface area contributed by atoms with E-state index in [1.807, 2.05) is 12.3 Å². The van der Waals surface area contributed by atoms with E-state index in [0.717, 1.165) is 0 Å². The van der Waals surface area contributed by atoms with Gasteiger partial charge in [0.2, 0.25) is 0 Å². The summed E-state index contributed by atoms with van der Waals surface area (Å²) in [6.07, 6.45) is 3.57. The third kappa shape index (κ3) is 1.65. The SMILES string of the molecule is [Na+].[c-]1cc[nH]c1. The second kappa shape index (κ2) is 3.47. The van der Waals surface area contributed by atoms with Crippen LogP contribution in [0.5, 0.6) is 0 Å². The van der Waals surface area contributed by atoms with Gasteiger partial charge in [0.1, 0.15) is 0 Å². The van der Waals surface area contributed by atoms with Gasteiger partial charge in [-0.3, -0.25) is 0 Å². The van der Waals surface area contributed by atoms with Crippen molar-refractivity contribution in [2.24, 2.45) is 0 Å². The number of H-pyrrole nitrogens is 1. The Hall–Kier alpha value is 0.280. The molecule has 0 amide bonds. The third-order valence-electron chi connectivity index (χ3n) is 0.442. The molecular weight excluding hydrogens is 85.0 g/mol. The summed E-state index contributed by atoms with van der Waals surface area (Å²) in [6.45, 7) is 0. The van der Waals surface area contributed by atoms with Crippen LogP contribution >= 0.6 is 0 Å². The average molecular weight is 89.1 g/mol. The first-order valence-corrected chi connectivity index (χ1v) is 1.49. The van der Waals surface area contributed by atoms with Crippen LogP contribution in [0.1, 0.15) is 0 Å². The van der Waals surface area contributed by atoms with Crippen molar-refractivity contribution in [2.75, 3.05) is 0 Å². The minimum atomic E-state index is 0. The van der Waals surface area contributed by atoms with E-state index in [2.05, 4.69) is 11.1 Å². The zero-order valence-electron chi connectivity index (χ0n) is 3.73. The maximum absolute atomic E-state index is 2.81. The Bertz CT molecular complexity index is 64.0. The minimum Gasteiger partial charge on any atom is -0.461 e. The quantitative estimate of drug-likeness (QED) is 0.275. The molecule has 0 fully saturated rings. The van der Waals surface area contributed by atoms with Gasteiger partial charge in [0.05, 0.1) is 0 Å². The number of nitrogens with one attached hydrogen (secondary N) is 1. The van der Waals surface area contributed by atoms with Crippen molar-refractivity contribution in [3.05, 3.63) is 24.5 Å². The van der Waals surface area contributed by atoms with Crippen molar-refractivity contribution in [3.63, 3.8) is 0 Å². The Morgan fingerprint density at radius 2 is 2.33 bits per heavy atom. The van der Waals surface area contributed by atoms with Crippen LogP contribution in [-0.2, 0) is 0 Å². The molecule has 1 heterocycles. The summed E-state index contributed by atoms with van der Waals surface area (Å²) >= 11 is 0. The molecular formula is C4H4NNa. The van der Waals surface area contributed by atoms with Gasteiger partial charge in [-0.15, -0.1) is 12.4 Å². The molecule has 0 aliphatic heterocycles. The normalized spacial score (nSPS) is 6.67. The maximum atomic E-state index is 2.81.